The zero-order valence-electron chi connectivity index (χ0n) is 5.91. The van der Waals surface area contributed by atoms with E-state index in [0.717, 1.165) is 11.5 Å². The Bertz CT molecular complexity index is 209. The Morgan fingerprint density at radius 3 is 2.40 bits per heavy atom. The van der Waals surface area contributed by atoms with Crippen LogP contribution < -0.4 is 0.428 Å². The first-order valence-corrected chi connectivity index (χ1v) is 7.83. The molecule has 0 saturated heterocycles. The zero-order chi connectivity index (χ0) is 7.56. The number of rotatable bonds is 1. The molecule has 0 bridgehead atoms. The normalized spacial score (nSPS) is 9.70. The predicted octanol–water partition coefficient (Wildman–Crippen LogP) is 0.515. The molecule has 0 aromatic carbocycles. The van der Waals surface area contributed by atoms with Gasteiger partial charge in [-0.2, -0.15) is 0 Å². The van der Waals surface area contributed by atoms with E-state index in [-0.39, 0.29) is 0 Å². The maximum atomic E-state index is 4.05. The van der Waals surface area contributed by atoms with Crippen LogP contribution in [-0.2, 0) is 52.8 Å². The zero-order valence-corrected chi connectivity index (χ0v) is 16.9. The van der Waals surface area contributed by atoms with Gasteiger partial charge in [0.15, 0.2) is 0 Å². The molecule has 0 aliphatic heterocycles. The van der Waals surface area contributed by atoms with E-state index in [9.17, 15) is 0 Å². The molecule has 0 N–H and O–H groups in total. The van der Waals surface area contributed by atoms with Gasteiger partial charge in [-0.25, -0.2) is 0 Å². The summed E-state index contributed by atoms with van der Waals surface area (Å²) in [5.41, 5.74) is 0.993. The molecule has 0 aliphatic rings. The predicted molar refractivity (Wildman–Crippen MR) is 29.2 cm³/mol. The molecule has 44 valence electrons. The van der Waals surface area contributed by atoms with E-state index in [4.69, 9.17) is 0 Å². The first-order chi connectivity index (χ1) is 4.70. The molecule has 1 aromatic rings. The molecule has 0 saturated carbocycles. The Balaban J connectivity index is 2.89. The summed E-state index contributed by atoms with van der Waals surface area (Å²) >= 11 is 1.38. The fraction of sp³-hybridized carbons (Fsp3) is 0.200. The Labute approximate surface area is 93.0 Å². The van der Waals surface area contributed by atoms with Crippen LogP contribution in [0.15, 0.2) is 12.1 Å². The fourth-order valence-electron chi connectivity index (χ4n) is 0.561. The topological polar surface area (TPSA) is 29.0 Å². The van der Waals surface area contributed by atoms with Gasteiger partial charge in [-0.05, 0) is 0 Å². The average Bonchev–Trinajstić information content (AvgIpc) is 1.88. The monoisotopic (exact) mass is 511 g/mol. The number of aryl methyl sites for hydroxylation is 1. The van der Waals surface area contributed by atoms with Gasteiger partial charge in [0.25, 0.3) is 0 Å². The van der Waals surface area contributed by atoms with E-state index in [1.807, 2.05) is 19.1 Å². The molecule has 0 fully saturated rings. The van der Waals surface area contributed by atoms with Gasteiger partial charge in [-0.15, -0.1) is 0 Å². The van der Waals surface area contributed by atoms with Gasteiger partial charge < -0.3 is 0 Å². The molecule has 10 heavy (non-hydrogen) atoms. The molecule has 3 nitrogen and oxygen atoms in total. The summed E-state index contributed by atoms with van der Waals surface area (Å²) in [5.74, 6) is 1.07. The SMILES string of the molecule is Cc1ccc([N]([Hg])[Hg])nn1. The van der Waals surface area contributed by atoms with Crippen LogP contribution in [0.25, 0.3) is 0 Å². The Kier molecular flexibility index (Phi) is 3.49. The molecular weight excluding hydrogens is 503 g/mol. The molecule has 1 rings (SSSR count). The summed E-state index contributed by atoms with van der Waals surface area (Å²) in [6, 6.07) is 4.05. The molecular formula is C5H5Hg2N3. The van der Waals surface area contributed by atoms with Crippen molar-refractivity contribution >= 4 is 5.82 Å². The third-order valence-electron chi connectivity index (χ3n) is 1.11. The number of nitrogens with zero attached hydrogens (tertiary/aromatic N) is 3. The van der Waals surface area contributed by atoms with Gasteiger partial charge in [0, 0.05) is 0 Å². The van der Waals surface area contributed by atoms with Crippen molar-refractivity contribution in [3.8, 4) is 0 Å². The van der Waals surface area contributed by atoms with Crippen LogP contribution in [0.5, 0.6) is 0 Å². The molecule has 0 unspecified atom stereocenters. The van der Waals surface area contributed by atoms with Crippen molar-refractivity contribution in [2.24, 2.45) is 0 Å². The minimum atomic E-state index is 0.688. The van der Waals surface area contributed by atoms with Gasteiger partial charge in [0.05, 0.1) is 0 Å². The molecule has 0 amide bonds. The molecule has 0 spiro atoms. The molecule has 5 heteroatoms. The second kappa shape index (κ2) is 3.95. The Hall–Kier alpha value is 0.750. The summed E-state index contributed by atoms with van der Waals surface area (Å²) in [7, 11) is 0. The molecule has 1 heterocycles. The second-order valence-corrected chi connectivity index (χ2v) is 21.5. The van der Waals surface area contributed by atoms with E-state index in [1.165, 1.54) is 0 Å². The number of anilines is 1. The van der Waals surface area contributed by atoms with Gasteiger partial charge in [0.1, 0.15) is 0 Å². The van der Waals surface area contributed by atoms with Crippen molar-refractivity contribution < 1.29 is 52.8 Å². The summed E-state index contributed by atoms with van der Waals surface area (Å²) in [4.78, 5) is 0. The van der Waals surface area contributed by atoms with Crippen molar-refractivity contribution in [1.29, 1.82) is 0 Å². The summed E-state index contributed by atoms with van der Waals surface area (Å²) < 4.78 is 2.31. The molecule has 0 radical (unpaired) electrons. The number of hydrogen-bond acceptors (Lipinski definition) is 3. The third kappa shape index (κ3) is 2.42. The van der Waals surface area contributed by atoms with Crippen LogP contribution in [0, 0.1) is 6.92 Å². The quantitative estimate of drug-likeness (QED) is 0.519. The second-order valence-electron chi connectivity index (χ2n) is 2.07. The van der Waals surface area contributed by atoms with Crippen LogP contribution in [0.3, 0.4) is 0 Å². The van der Waals surface area contributed by atoms with Crippen molar-refractivity contribution in [1.82, 2.24) is 10.2 Å². The number of aromatic nitrogens is 2. The van der Waals surface area contributed by atoms with E-state index in [0.29, 0.717) is 52.8 Å². The van der Waals surface area contributed by atoms with Crippen molar-refractivity contribution in [2.75, 3.05) is 0.428 Å². The fourth-order valence-corrected chi connectivity index (χ4v) is 1.87. The summed E-state index contributed by atoms with van der Waals surface area (Å²) in [5, 5.41) is 8.02. The average molecular weight is 508 g/mol. The van der Waals surface area contributed by atoms with E-state index >= 15 is 0 Å². The van der Waals surface area contributed by atoms with Gasteiger partial charge in [-0.3, -0.25) is 0 Å². The van der Waals surface area contributed by atoms with E-state index < -0.39 is 0 Å². The first-order valence-electron chi connectivity index (χ1n) is 2.91. The van der Waals surface area contributed by atoms with Crippen LogP contribution in [0.2, 0.25) is 0 Å². The molecule has 0 atom stereocenters. The van der Waals surface area contributed by atoms with Gasteiger partial charge >= 0.3 is 94.0 Å². The Morgan fingerprint density at radius 2 is 2.00 bits per heavy atom. The van der Waals surface area contributed by atoms with Crippen LogP contribution >= 0.6 is 0 Å². The van der Waals surface area contributed by atoms with Crippen LogP contribution in [-0.4, -0.2) is 10.2 Å². The summed E-state index contributed by atoms with van der Waals surface area (Å²) in [6.45, 7) is 1.95. The van der Waals surface area contributed by atoms with Gasteiger partial charge in [-0.1, -0.05) is 0 Å². The molecule has 1 aromatic heterocycles. The standard InChI is InChI=1S/C5H5N3.2Hg/c1-4-2-3-5(6)8-7-4;;/h2-3H,1H3;;. The number of hydrogen-bond donors (Lipinski definition) is 0. The summed E-state index contributed by atoms with van der Waals surface area (Å²) in [6.07, 6.45) is 0. The first kappa shape index (κ1) is 8.84. The molecule has 0 aliphatic carbocycles. The van der Waals surface area contributed by atoms with Crippen molar-refractivity contribution in [3.05, 3.63) is 17.8 Å². The van der Waals surface area contributed by atoms with E-state index in [1.54, 1.807) is 0 Å². The minimum absolute atomic E-state index is 0.688. The third-order valence-corrected chi connectivity index (χ3v) is 3.63. The van der Waals surface area contributed by atoms with Gasteiger partial charge in [0.2, 0.25) is 0 Å². The maximum absolute atomic E-state index is 4.05. The van der Waals surface area contributed by atoms with E-state index in [2.05, 4.69) is 10.6 Å². The van der Waals surface area contributed by atoms with Crippen molar-refractivity contribution in [2.45, 2.75) is 6.92 Å². The van der Waals surface area contributed by atoms with Crippen LogP contribution in [0.1, 0.15) is 5.69 Å². The Morgan fingerprint density at radius 1 is 1.30 bits per heavy atom. The van der Waals surface area contributed by atoms with Crippen molar-refractivity contribution in [3.63, 3.8) is 0 Å². The van der Waals surface area contributed by atoms with Crippen LogP contribution in [0.4, 0.5) is 5.82 Å².